The van der Waals surface area contributed by atoms with Crippen LogP contribution < -0.4 is 5.73 Å². The summed E-state index contributed by atoms with van der Waals surface area (Å²) in [6, 6.07) is 9.07. The second kappa shape index (κ2) is 5.40. The van der Waals surface area contributed by atoms with E-state index < -0.39 is 0 Å². The van der Waals surface area contributed by atoms with E-state index in [0.29, 0.717) is 6.04 Å². The minimum atomic E-state index is 0.348. The van der Waals surface area contributed by atoms with E-state index in [0.717, 1.165) is 24.4 Å². The van der Waals surface area contributed by atoms with Gasteiger partial charge >= 0.3 is 0 Å². The third kappa shape index (κ3) is 2.53. The maximum absolute atomic E-state index is 6.60. The number of hydrogen-bond donors (Lipinski definition) is 1. The molecule has 2 bridgehead atoms. The van der Waals surface area contributed by atoms with E-state index in [1.54, 1.807) is 11.1 Å². The van der Waals surface area contributed by atoms with Gasteiger partial charge in [-0.1, -0.05) is 18.2 Å². The molecular weight excluding hydrogens is 256 g/mol. The minimum Gasteiger partial charge on any atom is -0.327 e. The van der Waals surface area contributed by atoms with Crippen molar-refractivity contribution in [2.45, 2.75) is 69.5 Å². The molecule has 0 saturated carbocycles. The van der Waals surface area contributed by atoms with Gasteiger partial charge in [-0.3, -0.25) is 0 Å². The Morgan fingerprint density at radius 2 is 1.86 bits per heavy atom. The van der Waals surface area contributed by atoms with Crippen molar-refractivity contribution in [1.82, 2.24) is 4.90 Å². The molecule has 114 valence electrons. The van der Waals surface area contributed by atoms with Crippen molar-refractivity contribution in [2.75, 3.05) is 7.05 Å². The summed E-state index contributed by atoms with van der Waals surface area (Å²) in [6.07, 6.45) is 10.4. The van der Waals surface area contributed by atoms with Crippen molar-refractivity contribution in [3.8, 4) is 0 Å². The molecule has 2 nitrogen and oxygen atoms in total. The normalized spacial score (nSPS) is 33.1. The van der Waals surface area contributed by atoms with E-state index >= 15 is 0 Å². The van der Waals surface area contributed by atoms with Crippen molar-refractivity contribution in [1.29, 1.82) is 0 Å². The first-order valence-corrected chi connectivity index (χ1v) is 8.79. The maximum Gasteiger partial charge on any atom is 0.0109 e. The second-order valence-electron chi connectivity index (χ2n) is 7.61. The number of nitrogens with zero attached hydrogens (tertiary/aromatic N) is 1. The van der Waals surface area contributed by atoms with Crippen LogP contribution in [-0.2, 0) is 19.3 Å². The van der Waals surface area contributed by atoms with E-state index in [4.69, 9.17) is 5.73 Å². The summed E-state index contributed by atoms with van der Waals surface area (Å²) in [5, 5.41) is 0. The van der Waals surface area contributed by atoms with Crippen LogP contribution >= 0.6 is 0 Å². The largest absolute Gasteiger partial charge is 0.327 e. The van der Waals surface area contributed by atoms with Gasteiger partial charge in [0.25, 0.3) is 0 Å². The van der Waals surface area contributed by atoms with Gasteiger partial charge in [-0.2, -0.15) is 0 Å². The fourth-order valence-corrected chi connectivity index (χ4v) is 4.99. The van der Waals surface area contributed by atoms with Crippen LogP contribution in [0.1, 0.15) is 48.8 Å². The number of nitrogens with two attached hydrogens (primary N) is 1. The quantitative estimate of drug-likeness (QED) is 0.924. The van der Waals surface area contributed by atoms with Crippen LogP contribution in [-0.4, -0.2) is 30.1 Å². The number of rotatable bonds is 3. The molecule has 1 aromatic rings. The van der Waals surface area contributed by atoms with Gasteiger partial charge in [0.05, 0.1) is 0 Å². The third-order valence-corrected chi connectivity index (χ3v) is 6.37. The fraction of sp³-hybridized carbons (Fsp3) is 0.684. The summed E-state index contributed by atoms with van der Waals surface area (Å²) in [4.78, 5) is 2.61. The van der Waals surface area contributed by atoms with Crippen LogP contribution in [0.3, 0.4) is 0 Å². The SMILES string of the molecule is CN1C2CCC1CC(C(N)Cc1ccc3c(c1)CCC3)C2. The number of fused-ring (bicyclic) bond motifs is 3. The van der Waals surface area contributed by atoms with E-state index in [1.807, 2.05) is 0 Å². The molecule has 2 aliphatic heterocycles. The minimum absolute atomic E-state index is 0.348. The zero-order valence-corrected chi connectivity index (χ0v) is 13.2. The van der Waals surface area contributed by atoms with Crippen LogP contribution in [0, 0.1) is 5.92 Å². The molecule has 1 aromatic carbocycles. The van der Waals surface area contributed by atoms with Crippen molar-refractivity contribution in [3.63, 3.8) is 0 Å². The molecular formula is C19H28N2. The molecule has 3 aliphatic rings. The lowest BCUT2D eigenvalue weighted by molar-refractivity contribution is 0.120. The number of benzene rings is 1. The molecule has 0 aromatic heterocycles. The lowest BCUT2D eigenvalue weighted by Crippen LogP contribution is -2.46. The highest BCUT2D eigenvalue weighted by Gasteiger charge is 2.40. The fourth-order valence-electron chi connectivity index (χ4n) is 4.99. The van der Waals surface area contributed by atoms with Gasteiger partial charge in [-0.25, -0.2) is 0 Å². The zero-order valence-electron chi connectivity index (χ0n) is 13.2. The smallest absolute Gasteiger partial charge is 0.0109 e. The van der Waals surface area contributed by atoms with E-state index in [-0.39, 0.29) is 0 Å². The van der Waals surface area contributed by atoms with Crippen LogP contribution in [0.25, 0.3) is 0 Å². The van der Waals surface area contributed by atoms with E-state index in [9.17, 15) is 0 Å². The van der Waals surface area contributed by atoms with Gasteiger partial charge < -0.3 is 10.6 Å². The van der Waals surface area contributed by atoms with Crippen molar-refractivity contribution >= 4 is 0 Å². The first-order valence-electron chi connectivity index (χ1n) is 8.79. The highest BCUT2D eigenvalue weighted by atomic mass is 15.2. The Balaban J connectivity index is 1.43. The average Bonchev–Trinajstić information content (AvgIpc) is 2.99. The highest BCUT2D eigenvalue weighted by molar-refractivity contribution is 5.35. The van der Waals surface area contributed by atoms with Gasteiger partial charge in [0.1, 0.15) is 0 Å². The summed E-state index contributed by atoms with van der Waals surface area (Å²) in [5.74, 6) is 0.729. The van der Waals surface area contributed by atoms with Gasteiger partial charge in [-0.15, -0.1) is 0 Å². The Morgan fingerprint density at radius 1 is 1.14 bits per heavy atom. The topological polar surface area (TPSA) is 29.3 Å². The molecule has 2 heterocycles. The lowest BCUT2D eigenvalue weighted by Gasteiger charge is -2.38. The number of aryl methyl sites for hydroxylation is 2. The molecule has 3 unspecified atom stereocenters. The lowest BCUT2D eigenvalue weighted by atomic mass is 9.83. The predicted molar refractivity (Wildman–Crippen MR) is 87.4 cm³/mol. The molecule has 0 spiro atoms. The monoisotopic (exact) mass is 284 g/mol. The van der Waals surface area contributed by atoms with Crippen LogP contribution in [0.5, 0.6) is 0 Å². The number of hydrogen-bond acceptors (Lipinski definition) is 2. The molecule has 2 heteroatoms. The van der Waals surface area contributed by atoms with Gasteiger partial charge in [0.15, 0.2) is 0 Å². The third-order valence-electron chi connectivity index (χ3n) is 6.37. The Labute approximate surface area is 128 Å². The second-order valence-corrected chi connectivity index (χ2v) is 7.61. The predicted octanol–water partition coefficient (Wildman–Crippen LogP) is 2.92. The molecule has 0 radical (unpaired) electrons. The van der Waals surface area contributed by atoms with Gasteiger partial charge in [0.2, 0.25) is 0 Å². The van der Waals surface area contributed by atoms with Crippen LogP contribution in [0.15, 0.2) is 18.2 Å². The molecule has 4 rings (SSSR count). The number of piperidine rings is 1. The first kappa shape index (κ1) is 13.8. The summed E-state index contributed by atoms with van der Waals surface area (Å²) in [5.41, 5.74) is 11.2. The average molecular weight is 284 g/mol. The van der Waals surface area contributed by atoms with Crippen molar-refractivity contribution in [3.05, 3.63) is 34.9 Å². The Bertz CT molecular complexity index is 510. The van der Waals surface area contributed by atoms with Crippen LogP contribution in [0.2, 0.25) is 0 Å². The van der Waals surface area contributed by atoms with Gasteiger partial charge in [0, 0.05) is 18.1 Å². The standard InChI is InChI=1S/C19H28N2/c1-21-17-7-8-18(21)12-16(11-17)19(20)10-13-5-6-14-3-2-4-15(14)9-13/h5-6,9,16-19H,2-4,7-8,10-12,20H2,1H3. The van der Waals surface area contributed by atoms with Crippen molar-refractivity contribution in [2.24, 2.45) is 11.7 Å². The summed E-state index contributed by atoms with van der Waals surface area (Å²) in [7, 11) is 2.31. The molecule has 2 fully saturated rings. The van der Waals surface area contributed by atoms with Gasteiger partial charge in [-0.05, 0) is 81.0 Å². The summed E-state index contributed by atoms with van der Waals surface area (Å²) >= 11 is 0. The molecule has 2 N–H and O–H groups in total. The zero-order chi connectivity index (χ0) is 14.4. The summed E-state index contributed by atoms with van der Waals surface area (Å²) in [6.45, 7) is 0. The summed E-state index contributed by atoms with van der Waals surface area (Å²) < 4.78 is 0. The molecule has 1 aliphatic carbocycles. The van der Waals surface area contributed by atoms with E-state index in [2.05, 4.69) is 30.1 Å². The molecule has 2 saturated heterocycles. The van der Waals surface area contributed by atoms with Crippen LogP contribution in [0.4, 0.5) is 0 Å². The Morgan fingerprint density at radius 3 is 2.62 bits per heavy atom. The maximum atomic E-state index is 6.60. The van der Waals surface area contributed by atoms with Crippen molar-refractivity contribution < 1.29 is 0 Å². The molecule has 0 amide bonds. The van der Waals surface area contributed by atoms with E-state index in [1.165, 1.54) is 50.5 Å². The Hall–Kier alpha value is -0.860. The Kier molecular flexibility index (Phi) is 3.55. The molecule has 21 heavy (non-hydrogen) atoms. The first-order chi connectivity index (χ1) is 10.2. The molecule has 3 atom stereocenters. The highest BCUT2D eigenvalue weighted by Crippen LogP contribution is 2.38.